The molecule has 0 aliphatic rings. The summed E-state index contributed by atoms with van der Waals surface area (Å²) in [6, 6.07) is 10.2. The van der Waals surface area contributed by atoms with Crippen LogP contribution in [0.3, 0.4) is 0 Å². The Morgan fingerprint density at radius 2 is 1.73 bits per heavy atom. The zero-order valence-corrected chi connectivity index (χ0v) is 14.6. The number of ether oxygens (including phenoxy) is 1. The first-order valence-corrected chi connectivity index (χ1v) is 9.31. The van der Waals surface area contributed by atoms with E-state index in [4.69, 9.17) is 18.0 Å². The first-order chi connectivity index (χ1) is 10.7. The molecular weight excluding hydrogens is 302 g/mol. The first kappa shape index (κ1) is 19.1. The van der Waals surface area contributed by atoms with Crippen molar-refractivity contribution in [1.82, 2.24) is 5.32 Å². The van der Waals surface area contributed by atoms with E-state index in [0.717, 1.165) is 24.8 Å². The average Bonchev–Trinajstić information content (AvgIpc) is 2.58. The number of hydrogen-bond acceptors (Lipinski definition) is 6. The molecule has 0 saturated heterocycles. The molecule has 0 aliphatic carbocycles. The van der Waals surface area contributed by atoms with Crippen molar-refractivity contribution in [2.75, 3.05) is 41.0 Å². The molecule has 0 aliphatic heterocycles. The molecule has 1 atom stereocenters. The molecule has 1 unspecified atom stereocenters. The molecule has 6 nitrogen and oxygen atoms in total. The fraction of sp³-hybridized carbons (Fsp3) is 0.600. The molecule has 1 aromatic rings. The number of para-hydroxylation sites is 1. The number of rotatable bonds is 12. The highest BCUT2D eigenvalue weighted by atomic mass is 28.4. The van der Waals surface area contributed by atoms with Crippen LogP contribution < -0.4 is 10.1 Å². The molecule has 2 N–H and O–H groups in total. The zero-order valence-electron chi connectivity index (χ0n) is 13.6. The van der Waals surface area contributed by atoms with E-state index in [-0.39, 0.29) is 6.61 Å². The van der Waals surface area contributed by atoms with Crippen molar-refractivity contribution in [3.8, 4) is 5.75 Å². The maximum absolute atomic E-state index is 9.86. The normalized spacial score (nSPS) is 13.1. The van der Waals surface area contributed by atoms with Crippen LogP contribution in [0.1, 0.15) is 6.42 Å². The Balaban J connectivity index is 2.11. The largest absolute Gasteiger partial charge is 0.500 e. The lowest BCUT2D eigenvalue weighted by atomic mass is 10.3. The van der Waals surface area contributed by atoms with Gasteiger partial charge in [-0.05, 0) is 25.1 Å². The number of benzene rings is 1. The molecule has 0 fully saturated rings. The molecule has 0 amide bonds. The van der Waals surface area contributed by atoms with Crippen LogP contribution in [0.25, 0.3) is 0 Å². The van der Waals surface area contributed by atoms with Gasteiger partial charge in [0.05, 0.1) is 0 Å². The highest BCUT2D eigenvalue weighted by Crippen LogP contribution is 2.14. The van der Waals surface area contributed by atoms with Gasteiger partial charge in [-0.3, -0.25) is 0 Å². The molecule has 7 heteroatoms. The van der Waals surface area contributed by atoms with Gasteiger partial charge in [0, 0.05) is 33.9 Å². The van der Waals surface area contributed by atoms with Gasteiger partial charge in [-0.2, -0.15) is 0 Å². The molecule has 0 spiro atoms. The third kappa shape index (κ3) is 6.86. The van der Waals surface area contributed by atoms with Crippen LogP contribution in [-0.4, -0.2) is 61.0 Å². The molecule has 126 valence electrons. The van der Waals surface area contributed by atoms with Crippen molar-refractivity contribution >= 4 is 8.80 Å². The van der Waals surface area contributed by atoms with Crippen molar-refractivity contribution in [3.05, 3.63) is 30.3 Å². The Morgan fingerprint density at radius 3 is 2.32 bits per heavy atom. The van der Waals surface area contributed by atoms with E-state index in [0.29, 0.717) is 6.54 Å². The van der Waals surface area contributed by atoms with Crippen molar-refractivity contribution in [2.24, 2.45) is 0 Å². The van der Waals surface area contributed by atoms with Gasteiger partial charge in [0.15, 0.2) is 0 Å². The Hall–Kier alpha value is -0.963. The standard InChI is InChI=1S/C15H27NO5Si/c1-18-22(19-2,20-3)11-7-10-16-12-14(17)13-21-15-8-5-4-6-9-15/h4-6,8-9,14,16-17H,7,10-13H2,1-3H3. The Bertz CT molecular complexity index is 381. The third-order valence-electron chi connectivity index (χ3n) is 3.34. The lowest BCUT2D eigenvalue weighted by Crippen LogP contribution is -2.43. The highest BCUT2D eigenvalue weighted by molar-refractivity contribution is 6.60. The van der Waals surface area contributed by atoms with Crippen molar-refractivity contribution in [2.45, 2.75) is 18.6 Å². The zero-order chi connectivity index (χ0) is 16.3. The van der Waals surface area contributed by atoms with Gasteiger partial charge in [0.25, 0.3) is 0 Å². The predicted octanol–water partition coefficient (Wildman–Crippen LogP) is 1.28. The monoisotopic (exact) mass is 329 g/mol. The Morgan fingerprint density at radius 1 is 1.09 bits per heavy atom. The Labute approximate surface area is 133 Å². The van der Waals surface area contributed by atoms with Crippen molar-refractivity contribution < 1.29 is 23.1 Å². The molecule has 1 rings (SSSR count). The number of nitrogens with one attached hydrogen (secondary N) is 1. The SMILES string of the molecule is CO[Si](CCCNCC(O)COc1ccccc1)(OC)OC. The third-order valence-corrected chi connectivity index (χ3v) is 6.17. The summed E-state index contributed by atoms with van der Waals surface area (Å²) in [7, 11) is 2.34. The van der Waals surface area contributed by atoms with Crippen LogP contribution in [0.2, 0.25) is 6.04 Å². The molecular formula is C15H27NO5Si. The predicted molar refractivity (Wildman–Crippen MR) is 87.0 cm³/mol. The quantitative estimate of drug-likeness (QED) is 0.445. The van der Waals surface area contributed by atoms with E-state index in [9.17, 15) is 5.11 Å². The summed E-state index contributed by atoms with van der Waals surface area (Å²) in [6.07, 6.45) is 0.308. The maximum atomic E-state index is 9.86. The number of aliphatic hydroxyl groups excluding tert-OH is 1. The van der Waals surface area contributed by atoms with Crippen LogP contribution in [0, 0.1) is 0 Å². The highest BCUT2D eigenvalue weighted by Gasteiger charge is 2.36. The van der Waals surface area contributed by atoms with Crippen LogP contribution in [0.15, 0.2) is 30.3 Å². The van der Waals surface area contributed by atoms with Crippen molar-refractivity contribution in [3.63, 3.8) is 0 Å². The van der Waals surface area contributed by atoms with E-state index in [1.54, 1.807) is 21.3 Å². The average molecular weight is 329 g/mol. The van der Waals surface area contributed by atoms with E-state index < -0.39 is 14.9 Å². The molecule has 0 radical (unpaired) electrons. The van der Waals surface area contributed by atoms with E-state index in [2.05, 4.69) is 5.32 Å². The van der Waals surface area contributed by atoms with Crippen LogP contribution in [0.4, 0.5) is 0 Å². The summed E-state index contributed by atoms with van der Waals surface area (Å²) in [5, 5.41) is 13.0. The van der Waals surface area contributed by atoms with Gasteiger partial charge < -0.3 is 28.4 Å². The second kappa shape index (κ2) is 10.7. The van der Waals surface area contributed by atoms with Crippen molar-refractivity contribution in [1.29, 1.82) is 0 Å². The lowest BCUT2D eigenvalue weighted by Gasteiger charge is -2.24. The van der Waals surface area contributed by atoms with Gasteiger partial charge in [0.2, 0.25) is 0 Å². The molecule has 1 aromatic carbocycles. The molecule has 22 heavy (non-hydrogen) atoms. The number of hydrogen-bond donors (Lipinski definition) is 2. The van der Waals surface area contributed by atoms with Crippen LogP contribution >= 0.6 is 0 Å². The van der Waals surface area contributed by atoms with E-state index in [1.165, 1.54) is 0 Å². The van der Waals surface area contributed by atoms with Gasteiger partial charge in [-0.25, -0.2) is 0 Å². The maximum Gasteiger partial charge on any atom is 0.500 e. The van der Waals surface area contributed by atoms with Crippen LogP contribution in [-0.2, 0) is 13.3 Å². The number of aliphatic hydroxyl groups is 1. The summed E-state index contributed by atoms with van der Waals surface area (Å²) in [4.78, 5) is 0. The molecule has 0 aromatic heterocycles. The van der Waals surface area contributed by atoms with Crippen LogP contribution in [0.5, 0.6) is 5.75 Å². The summed E-state index contributed by atoms with van der Waals surface area (Å²) in [6.45, 7) is 1.51. The second-order valence-corrected chi connectivity index (χ2v) is 7.97. The van der Waals surface area contributed by atoms with Gasteiger partial charge in [-0.15, -0.1) is 0 Å². The minimum absolute atomic E-state index is 0.268. The van der Waals surface area contributed by atoms with Gasteiger partial charge in [-0.1, -0.05) is 18.2 Å². The van der Waals surface area contributed by atoms with Gasteiger partial charge in [0.1, 0.15) is 18.5 Å². The second-order valence-electron chi connectivity index (χ2n) is 4.88. The smallest absolute Gasteiger partial charge is 0.491 e. The summed E-state index contributed by atoms with van der Waals surface area (Å²) < 4.78 is 21.5. The fourth-order valence-electron chi connectivity index (χ4n) is 2.02. The topological polar surface area (TPSA) is 69.2 Å². The molecule has 0 bridgehead atoms. The Kier molecular flexibility index (Phi) is 9.29. The van der Waals surface area contributed by atoms with E-state index in [1.807, 2.05) is 30.3 Å². The van der Waals surface area contributed by atoms with Gasteiger partial charge >= 0.3 is 8.80 Å². The summed E-state index contributed by atoms with van der Waals surface area (Å²) in [5.41, 5.74) is 0. The molecule has 0 saturated carbocycles. The minimum atomic E-state index is -2.48. The lowest BCUT2D eigenvalue weighted by molar-refractivity contribution is 0.106. The minimum Gasteiger partial charge on any atom is -0.491 e. The summed E-state index contributed by atoms with van der Waals surface area (Å²) in [5.74, 6) is 0.762. The van der Waals surface area contributed by atoms with E-state index >= 15 is 0 Å². The first-order valence-electron chi connectivity index (χ1n) is 7.38. The summed E-state index contributed by atoms with van der Waals surface area (Å²) >= 11 is 0. The fourth-order valence-corrected chi connectivity index (χ4v) is 3.74. The molecule has 0 heterocycles.